The number of aliphatic hydroxyl groups is 1. The summed E-state index contributed by atoms with van der Waals surface area (Å²) in [5.41, 5.74) is 3.18. The lowest BCUT2D eigenvalue weighted by molar-refractivity contribution is -0.160. The molecule has 0 spiro atoms. The quantitative estimate of drug-likeness (QED) is 0.0697. The second-order valence-corrected chi connectivity index (χ2v) is 19.4. The molecule has 3 aliphatic carbocycles. The maximum absolute atomic E-state index is 13.4. The minimum Gasteiger partial charge on any atom is -0.481 e. The molecule has 344 valence electrons. The molecule has 2 fully saturated rings. The fourth-order valence-electron chi connectivity index (χ4n) is 10.2. The zero-order valence-electron chi connectivity index (χ0n) is 40.5. The summed E-state index contributed by atoms with van der Waals surface area (Å²) in [5.74, 6) is 1.29. The van der Waals surface area contributed by atoms with Crippen molar-refractivity contribution in [2.45, 2.75) is 167 Å². The van der Waals surface area contributed by atoms with E-state index in [9.17, 15) is 24.3 Å². The highest BCUT2D eigenvalue weighted by atomic mass is 16.5. The van der Waals surface area contributed by atoms with Crippen LogP contribution in [0, 0.1) is 51.2 Å². The molecular formula is C51H87NO8. The number of aliphatic hydroxyl groups excluding tert-OH is 1. The van der Waals surface area contributed by atoms with Crippen molar-refractivity contribution in [3.05, 3.63) is 48.1 Å². The number of nitrogens with zero attached hydrogens (tertiary/aromatic N) is 1. The number of carboxylic acids is 1. The fourth-order valence-corrected chi connectivity index (χ4v) is 10.2. The Kier molecular flexibility index (Phi) is 24.9. The molecule has 0 aromatic carbocycles. The maximum atomic E-state index is 13.4. The van der Waals surface area contributed by atoms with Crippen molar-refractivity contribution in [1.29, 1.82) is 0 Å². The average Bonchev–Trinajstić information content (AvgIpc) is 3.48. The first-order valence-electron chi connectivity index (χ1n) is 22.8. The van der Waals surface area contributed by atoms with Crippen molar-refractivity contribution >= 4 is 30.3 Å². The Morgan fingerprint density at radius 3 is 2.10 bits per heavy atom. The third kappa shape index (κ3) is 15.6. The first-order chi connectivity index (χ1) is 28.0. The SMILES string of the molecule is C=C/C=C(\C=C)CN(C)CC=O.CC.CCC(C)C1=C2C3CCC(C(C)(C)CC)C(C)(CCCC(C)C(C)OC(=O)CC(C)(C)C(=O)O)C3CCC2(C)CC1=O.O=CCO. The Morgan fingerprint density at radius 2 is 1.62 bits per heavy atom. The molecule has 60 heavy (non-hydrogen) atoms. The number of carbonyl (C=O) groups excluding carboxylic acids is 4. The molecule has 8 unspecified atom stereocenters. The van der Waals surface area contributed by atoms with Gasteiger partial charge in [-0.05, 0) is 130 Å². The number of esters is 1. The third-order valence-corrected chi connectivity index (χ3v) is 14.2. The number of hydrogen-bond donors (Lipinski definition) is 2. The Bertz CT molecular complexity index is 1470. The second-order valence-electron chi connectivity index (χ2n) is 19.4. The van der Waals surface area contributed by atoms with E-state index >= 15 is 0 Å². The maximum Gasteiger partial charge on any atom is 0.309 e. The number of carbonyl (C=O) groups is 5. The highest BCUT2D eigenvalue weighted by molar-refractivity contribution is 6.00. The van der Waals surface area contributed by atoms with Gasteiger partial charge in [-0.3, -0.25) is 19.3 Å². The van der Waals surface area contributed by atoms with Crippen LogP contribution in [-0.4, -0.2) is 78.3 Å². The Balaban J connectivity index is 0.00000162. The summed E-state index contributed by atoms with van der Waals surface area (Å²) < 4.78 is 5.72. The molecule has 2 saturated carbocycles. The van der Waals surface area contributed by atoms with E-state index in [1.54, 1.807) is 31.6 Å². The van der Waals surface area contributed by atoms with Crippen LogP contribution in [0.2, 0.25) is 0 Å². The lowest BCUT2D eigenvalue weighted by Crippen LogP contribution is -2.52. The molecule has 3 rings (SSSR count). The van der Waals surface area contributed by atoms with Crippen LogP contribution in [0.5, 0.6) is 0 Å². The van der Waals surface area contributed by atoms with Crippen LogP contribution in [0.25, 0.3) is 0 Å². The summed E-state index contributed by atoms with van der Waals surface area (Å²) in [4.78, 5) is 58.4. The minimum atomic E-state index is -1.13. The molecule has 0 saturated heterocycles. The Labute approximate surface area is 365 Å². The first kappa shape index (κ1) is 56.8. The molecule has 2 N–H and O–H groups in total. The number of ketones is 1. The Morgan fingerprint density at radius 1 is 1.02 bits per heavy atom. The molecule has 3 aliphatic rings. The van der Waals surface area contributed by atoms with Crippen molar-refractivity contribution in [2.75, 3.05) is 26.7 Å². The van der Waals surface area contributed by atoms with Gasteiger partial charge in [-0.25, -0.2) is 0 Å². The van der Waals surface area contributed by atoms with Crippen molar-refractivity contribution < 1.29 is 38.9 Å². The number of rotatable bonds is 20. The number of Topliss-reactive ketones (excluding diaryl/α,β-unsaturated/α-hetero) is 1. The lowest BCUT2D eigenvalue weighted by atomic mass is 9.44. The molecule has 9 nitrogen and oxygen atoms in total. The summed E-state index contributed by atoms with van der Waals surface area (Å²) in [6, 6.07) is 0. The van der Waals surface area contributed by atoms with Gasteiger partial charge in [-0.2, -0.15) is 0 Å². The van der Waals surface area contributed by atoms with Crippen LogP contribution in [0.15, 0.2) is 48.1 Å². The number of carboxylic acid groups (broad SMARTS) is 1. The van der Waals surface area contributed by atoms with E-state index in [0.717, 1.165) is 56.9 Å². The monoisotopic (exact) mass is 842 g/mol. The smallest absolute Gasteiger partial charge is 0.309 e. The average molecular weight is 842 g/mol. The van der Waals surface area contributed by atoms with Gasteiger partial charge in [-0.15, -0.1) is 0 Å². The van der Waals surface area contributed by atoms with Crippen molar-refractivity contribution in [3.8, 4) is 0 Å². The van der Waals surface area contributed by atoms with Crippen LogP contribution < -0.4 is 0 Å². The molecule has 9 heteroatoms. The van der Waals surface area contributed by atoms with Crippen LogP contribution in [0.1, 0.15) is 161 Å². The van der Waals surface area contributed by atoms with Gasteiger partial charge in [0.25, 0.3) is 0 Å². The van der Waals surface area contributed by atoms with E-state index < -0.39 is 17.4 Å². The summed E-state index contributed by atoms with van der Waals surface area (Å²) >= 11 is 0. The number of ether oxygens (including phenoxy) is 1. The minimum absolute atomic E-state index is 0.0497. The number of likely N-dealkylation sites (N-methyl/N-ethyl adjacent to an activating group) is 1. The summed E-state index contributed by atoms with van der Waals surface area (Å²) in [6.45, 7) is 36.0. The van der Waals surface area contributed by atoms with Gasteiger partial charge in [0.1, 0.15) is 18.7 Å². The number of aliphatic carboxylic acids is 1. The van der Waals surface area contributed by atoms with Gasteiger partial charge in [0.2, 0.25) is 0 Å². The molecule has 0 bridgehead atoms. The van der Waals surface area contributed by atoms with Crippen LogP contribution >= 0.6 is 0 Å². The number of allylic oxidation sites excluding steroid dienone is 4. The van der Waals surface area contributed by atoms with Crippen molar-refractivity contribution in [3.63, 3.8) is 0 Å². The predicted molar refractivity (Wildman–Crippen MR) is 246 cm³/mol. The highest BCUT2D eigenvalue weighted by Gasteiger charge is 2.59. The van der Waals surface area contributed by atoms with E-state index in [-0.39, 0.29) is 41.3 Å². The number of aldehydes is 2. The van der Waals surface area contributed by atoms with E-state index in [1.165, 1.54) is 24.8 Å². The van der Waals surface area contributed by atoms with E-state index in [1.807, 2.05) is 38.8 Å². The molecule has 0 aromatic rings. The third-order valence-electron chi connectivity index (χ3n) is 14.2. The molecular weight excluding hydrogens is 755 g/mol. The van der Waals surface area contributed by atoms with Gasteiger partial charge in [0.05, 0.1) is 25.0 Å². The van der Waals surface area contributed by atoms with Crippen molar-refractivity contribution in [2.24, 2.45) is 51.2 Å². The molecule has 0 heterocycles. The van der Waals surface area contributed by atoms with E-state index in [4.69, 9.17) is 14.6 Å². The van der Waals surface area contributed by atoms with Crippen LogP contribution in [-0.2, 0) is 28.7 Å². The van der Waals surface area contributed by atoms with Crippen LogP contribution in [0.3, 0.4) is 0 Å². The lowest BCUT2D eigenvalue weighted by Gasteiger charge is -2.60. The van der Waals surface area contributed by atoms with Gasteiger partial charge >= 0.3 is 11.9 Å². The molecule has 0 aromatic heterocycles. The Hall–Kier alpha value is -3.17. The number of hydrogen-bond acceptors (Lipinski definition) is 8. The normalized spacial score (nSPS) is 25.3. The van der Waals surface area contributed by atoms with Gasteiger partial charge in [0, 0.05) is 13.0 Å². The zero-order valence-corrected chi connectivity index (χ0v) is 40.5. The van der Waals surface area contributed by atoms with E-state index in [0.29, 0.717) is 48.7 Å². The molecule has 0 amide bonds. The zero-order chi connectivity index (χ0) is 46.6. The molecule has 0 aliphatic heterocycles. The first-order valence-corrected chi connectivity index (χ1v) is 22.8. The van der Waals surface area contributed by atoms with Gasteiger partial charge in [-0.1, -0.05) is 119 Å². The van der Waals surface area contributed by atoms with Crippen molar-refractivity contribution in [1.82, 2.24) is 4.90 Å². The predicted octanol–water partition coefficient (Wildman–Crippen LogP) is 11.0. The van der Waals surface area contributed by atoms with Gasteiger partial charge in [0.15, 0.2) is 5.78 Å². The molecule has 8 atom stereocenters. The number of fused-ring (bicyclic) bond motifs is 3. The topological polar surface area (TPSA) is 138 Å². The summed E-state index contributed by atoms with van der Waals surface area (Å²) in [6.07, 6.45) is 17.2. The largest absolute Gasteiger partial charge is 0.481 e. The molecule has 0 radical (unpaired) electrons. The van der Waals surface area contributed by atoms with Gasteiger partial charge < -0.3 is 24.5 Å². The van der Waals surface area contributed by atoms with E-state index in [2.05, 4.69) is 68.5 Å². The summed E-state index contributed by atoms with van der Waals surface area (Å²) in [5, 5.41) is 16.9. The standard InChI is InChI=1S/C37H62O5.C10H15NO.C2H4O2.C2H6/c1-12-23(3)31-28(38)21-36(10)20-18-27-26(32(31)36)16-17-29(34(6,7)13-2)37(27,11)19-14-15-24(4)25(5)42-30(39)22-35(8,9)33(40)41;1-4-6-10(5-2)9-11(3)7-8-12;3-1-2-4;1-2/h23-27,29H,12-22H2,1-11H3,(H,40,41);4-6,8H,1-2,7,9H2,3H3;1,4H,2H2;1-2H3/b;10-6+;;. The summed E-state index contributed by atoms with van der Waals surface area (Å²) in [7, 11) is 1.88. The van der Waals surface area contributed by atoms with Crippen LogP contribution in [0.4, 0.5) is 0 Å². The second kappa shape index (κ2) is 26.3. The fraction of sp³-hybridized carbons (Fsp3) is 0.745. The highest BCUT2D eigenvalue weighted by Crippen LogP contribution is 2.67.